The Morgan fingerprint density at radius 3 is 2.63 bits per heavy atom. The maximum atomic E-state index is 12.5. The zero-order valence-corrected chi connectivity index (χ0v) is 15.7. The van der Waals surface area contributed by atoms with Gasteiger partial charge in [0, 0.05) is 23.6 Å². The number of rotatable bonds is 4. The van der Waals surface area contributed by atoms with Crippen LogP contribution in [0, 0.1) is 0 Å². The molecule has 27 heavy (non-hydrogen) atoms. The number of furan rings is 1. The van der Waals surface area contributed by atoms with Crippen LogP contribution in [0.1, 0.15) is 30.0 Å². The third-order valence-electron chi connectivity index (χ3n) is 4.78. The number of hydrogen-bond donors (Lipinski definition) is 2. The quantitative estimate of drug-likeness (QED) is 0.686. The molecule has 0 fully saturated rings. The van der Waals surface area contributed by atoms with Gasteiger partial charge in [0.25, 0.3) is 0 Å². The molecule has 3 aromatic rings. The molecule has 2 N–H and O–H groups in total. The van der Waals surface area contributed by atoms with Crippen LogP contribution < -0.4 is 10.6 Å². The van der Waals surface area contributed by atoms with Crippen LogP contribution in [0.15, 0.2) is 41.0 Å². The fourth-order valence-electron chi connectivity index (χ4n) is 3.55. The van der Waals surface area contributed by atoms with Gasteiger partial charge >= 0.3 is 0 Å². The Hall–Kier alpha value is -2.79. The van der Waals surface area contributed by atoms with E-state index in [0.717, 1.165) is 29.4 Å². The Labute approximate surface area is 161 Å². The molecule has 2 amide bonds. The van der Waals surface area contributed by atoms with Gasteiger partial charge in [-0.05, 0) is 60.7 Å². The molecule has 0 atom stereocenters. The molecule has 4 rings (SSSR count). The highest BCUT2D eigenvalue weighted by Gasteiger charge is 2.17. The number of fused-ring (bicyclic) bond motifs is 2. The summed E-state index contributed by atoms with van der Waals surface area (Å²) in [6, 6.07) is 9.23. The fraction of sp³-hybridized carbons (Fsp3) is 0.238. The molecule has 6 heteroatoms. The van der Waals surface area contributed by atoms with Gasteiger partial charge in [0.15, 0.2) is 0 Å². The number of amides is 2. The summed E-state index contributed by atoms with van der Waals surface area (Å²) in [5.41, 5.74) is 5.50. The molecule has 5 nitrogen and oxygen atoms in total. The van der Waals surface area contributed by atoms with E-state index in [0.29, 0.717) is 16.4 Å². The minimum atomic E-state index is -0.202. The van der Waals surface area contributed by atoms with Gasteiger partial charge in [-0.15, -0.1) is 0 Å². The maximum absolute atomic E-state index is 12.5. The van der Waals surface area contributed by atoms with E-state index in [-0.39, 0.29) is 18.2 Å². The predicted octanol–water partition coefficient (Wildman–Crippen LogP) is 4.71. The van der Waals surface area contributed by atoms with Crippen molar-refractivity contribution in [3.63, 3.8) is 0 Å². The summed E-state index contributed by atoms with van der Waals surface area (Å²) in [6.07, 6.45) is 5.23. The van der Waals surface area contributed by atoms with Crippen molar-refractivity contribution in [2.45, 2.75) is 32.6 Å². The molecule has 0 bridgehead atoms. The second-order valence-corrected chi connectivity index (χ2v) is 7.24. The van der Waals surface area contributed by atoms with Crippen LogP contribution in [-0.2, 0) is 28.9 Å². The highest BCUT2D eigenvalue weighted by molar-refractivity contribution is 6.34. The monoisotopic (exact) mass is 382 g/mol. The molecule has 0 aliphatic heterocycles. The Balaban J connectivity index is 1.49. The van der Waals surface area contributed by atoms with E-state index in [1.54, 1.807) is 24.5 Å². The minimum absolute atomic E-state index is 0.151. The van der Waals surface area contributed by atoms with Crippen LogP contribution >= 0.6 is 11.6 Å². The van der Waals surface area contributed by atoms with Crippen LogP contribution in [0.25, 0.3) is 11.0 Å². The average Bonchev–Trinajstić information content (AvgIpc) is 3.22. The first kappa shape index (κ1) is 17.6. The molecule has 138 valence electrons. The number of anilines is 2. The van der Waals surface area contributed by atoms with Crippen LogP contribution in [0.5, 0.6) is 0 Å². The Morgan fingerprint density at radius 1 is 1.11 bits per heavy atom. The molecule has 0 unspecified atom stereocenters. The van der Waals surface area contributed by atoms with Gasteiger partial charge in [0.2, 0.25) is 11.8 Å². The van der Waals surface area contributed by atoms with E-state index in [4.69, 9.17) is 16.0 Å². The van der Waals surface area contributed by atoms with E-state index in [1.807, 2.05) is 0 Å². The van der Waals surface area contributed by atoms with Gasteiger partial charge in [0.1, 0.15) is 5.58 Å². The van der Waals surface area contributed by atoms with Crippen molar-refractivity contribution >= 4 is 45.8 Å². The third-order valence-corrected chi connectivity index (χ3v) is 5.10. The van der Waals surface area contributed by atoms with E-state index in [1.165, 1.54) is 24.5 Å². The zero-order chi connectivity index (χ0) is 19.0. The molecule has 1 aliphatic rings. The number of aryl methyl sites for hydroxylation is 2. The molecule has 2 aromatic carbocycles. The highest BCUT2D eigenvalue weighted by atomic mass is 35.5. The predicted molar refractivity (Wildman–Crippen MR) is 106 cm³/mol. The van der Waals surface area contributed by atoms with Crippen molar-refractivity contribution in [1.29, 1.82) is 0 Å². The number of nitrogens with one attached hydrogen (secondary N) is 2. The topological polar surface area (TPSA) is 71.3 Å². The molecule has 0 radical (unpaired) electrons. The lowest BCUT2D eigenvalue weighted by atomic mass is 10.0. The lowest BCUT2D eigenvalue weighted by Gasteiger charge is -2.09. The average molecular weight is 383 g/mol. The summed E-state index contributed by atoms with van der Waals surface area (Å²) in [5, 5.41) is 6.85. The lowest BCUT2D eigenvalue weighted by Crippen LogP contribution is -2.14. The summed E-state index contributed by atoms with van der Waals surface area (Å²) < 4.78 is 5.66. The molecular weight excluding hydrogens is 364 g/mol. The molecule has 1 aromatic heterocycles. The van der Waals surface area contributed by atoms with Gasteiger partial charge in [0.05, 0.1) is 23.4 Å². The summed E-state index contributed by atoms with van der Waals surface area (Å²) in [5.74, 6) is -0.353. The first-order valence-electron chi connectivity index (χ1n) is 8.88. The Morgan fingerprint density at radius 2 is 1.89 bits per heavy atom. The maximum Gasteiger partial charge on any atom is 0.228 e. The van der Waals surface area contributed by atoms with Crippen molar-refractivity contribution in [3.8, 4) is 0 Å². The van der Waals surface area contributed by atoms with Crippen molar-refractivity contribution in [3.05, 3.63) is 58.3 Å². The number of carbonyl (C=O) groups is 2. The van der Waals surface area contributed by atoms with Crippen LogP contribution in [0.4, 0.5) is 11.4 Å². The summed E-state index contributed by atoms with van der Waals surface area (Å²) in [6.45, 7) is 1.41. The number of hydrogen-bond acceptors (Lipinski definition) is 3. The van der Waals surface area contributed by atoms with Gasteiger partial charge < -0.3 is 15.1 Å². The van der Waals surface area contributed by atoms with Crippen LogP contribution in [-0.4, -0.2) is 11.8 Å². The summed E-state index contributed by atoms with van der Waals surface area (Å²) >= 11 is 6.15. The van der Waals surface area contributed by atoms with E-state index >= 15 is 0 Å². The minimum Gasteiger partial charge on any atom is -0.464 e. The van der Waals surface area contributed by atoms with E-state index in [9.17, 15) is 9.59 Å². The molecule has 1 heterocycles. The highest BCUT2D eigenvalue weighted by Crippen LogP contribution is 2.31. The summed E-state index contributed by atoms with van der Waals surface area (Å²) in [4.78, 5) is 23.6. The van der Waals surface area contributed by atoms with E-state index < -0.39 is 0 Å². The summed E-state index contributed by atoms with van der Waals surface area (Å²) in [7, 11) is 0. The standard InChI is InChI=1S/C21H19ClN2O3/c1-12(25)23-19-6-5-16(10-18(19)22)24-21(26)9-15-11-27-20-8-14-4-2-3-13(14)7-17(15)20/h5-8,10-11H,2-4,9H2,1H3,(H,23,25)(H,24,26). The number of carbonyl (C=O) groups excluding carboxylic acids is 2. The third kappa shape index (κ3) is 3.69. The Kier molecular flexibility index (Phi) is 4.62. The molecule has 1 aliphatic carbocycles. The fourth-order valence-corrected chi connectivity index (χ4v) is 3.77. The van der Waals surface area contributed by atoms with E-state index in [2.05, 4.69) is 22.8 Å². The van der Waals surface area contributed by atoms with Crippen molar-refractivity contribution < 1.29 is 14.0 Å². The van der Waals surface area contributed by atoms with Gasteiger partial charge in [-0.2, -0.15) is 0 Å². The van der Waals surface area contributed by atoms with Gasteiger partial charge in [-0.1, -0.05) is 11.6 Å². The molecule has 0 spiro atoms. The Bertz CT molecular complexity index is 1060. The first-order chi connectivity index (χ1) is 13.0. The molecular formula is C21H19ClN2O3. The largest absolute Gasteiger partial charge is 0.464 e. The normalized spacial score (nSPS) is 12.8. The van der Waals surface area contributed by atoms with Crippen molar-refractivity contribution in [2.24, 2.45) is 0 Å². The van der Waals surface area contributed by atoms with Crippen molar-refractivity contribution in [1.82, 2.24) is 0 Å². The first-order valence-corrected chi connectivity index (χ1v) is 9.26. The number of halogens is 1. The second-order valence-electron chi connectivity index (χ2n) is 6.83. The lowest BCUT2D eigenvalue weighted by molar-refractivity contribution is -0.116. The second kappa shape index (κ2) is 7.08. The molecule has 0 saturated heterocycles. The smallest absolute Gasteiger partial charge is 0.228 e. The van der Waals surface area contributed by atoms with Crippen LogP contribution in [0.3, 0.4) is 0 Å². The van der Waals surface area contributed by atoms with Gasteiger partial charge in [-0.25, -0.2) is 0 Å². The van der Waals surface area contributed by atoms with Crippen LogP contribution in [0.2, 0.25) is 5.02 Å². The zero-order valence-electron chi connectivity index (χ0n) is 14.9. The number of benzene rings is 2. The van der Waals surface area contributed by atoms with Gasteiger partial charge in [-0.3, -0.25) is 9.59 Å². The molecule has 0 saturated carbocycles. The SMILES string of the molecule is CC(=O)Nc1ccc(NC(=O)Cc2coc3cc4c(cc23)CCC4)cc1Cl. The van der Waals surface area contributed by atoms with Crippen molar-refractivity contribution in [2.75, 3.05) is 10.6 Å².